The van der Waals surface area contributed by atoms with Crippen LogP contribution in [0.3, 0.4) is 0 Å². The zero-order valence-electron chi connectivity index (χ0n) is 12.2. The number of rotatable bonds is 10. The highest BCUT2D eigenvalue weighted by Gasteiger charge is 2.03. The van der Waals surface area contributed by atoms with E-state index >= 15 is 0 Å². The molecule has 0 bridgehead atoms. The molecule has 0 aliphatic carbocycles. The van der Waals surface area contributed by atoms with Gasteiger partial charge in [-0.25, -0.2) is 0 Å². The standard InChI is InChI=1S/C15H25NO2S/c1-13-5-6-15(19-10-4-8-17-2)14(11-13)12-16-7-9-18-3/h5-6,11,16H,4,7-10,12H2,1-3H3. The first kappa shape index (κ1) is 16.5. The highest BCUT2D eigenvalue weighted by molar-refractivity contribution is 7.99. The third-order valence-corrected chi connectivity index (χ3v) is 3.97. The minimum Gasteiger partial charge on any atom is -0.385 e. The molecule has 0 fully saturated rings. The molecular weight excluding hydrogens is 258 g/mol. The van der Waals surface area contributed by atoms with Gasteiger partial charge >= 0.3 is 0 Å². The smallest absolute Gasteiger partial charge is 0.0587 e. The minimum atomic E-state index is 0.752. The van der Waals surface area contributed by atoms with Gasteiger partial charge in [0, 0.05) is 44.6 Å². The molecule has 1 N–H and O–H groups in total. The van der Waals surface area contributed by atoms with Gasteiger partial charge in [-0.2, -0.15) is 0 Å². The summed E-state index contributed by atoms with van der Waals surface area (Å²) in [5.74, 6) is 1.10. The molecular formula is C15H25NO2S. The fourth-order valence-electron chi connectivity index (χ4n) is 1.77. The second kappa shape index (κ2) is 10.3. The first-order valence-corrected chi connectivity index (χ1v) is 7.67. The molecule has 0 saturated heterocycles. The summed E-state index contributed by atoms with van der Waals surface area (Å²) in [4.78, 5) is 1.37. The fraction of sp³-hybridized carbons (Fsp3) is 0.600. The number of benzene rings is 1. The molecule has 1 aromatic rings. The van der Waals surface area contributed by atoms with Crippen molar-refractivity contribution in [3.05, 3.63) is 29.3 Å². The van der Waals surface area contributed by atoms with Crippen LogP contribution in [0.15, 0.2) is 23.1 Å². The lowest BCUT2D eigenvalue weighted by molar-refractivity contribution is 0.199. The van der Waals surface area contributed by atoms with Crippen LogP contribution >= 0.6 is 11.8 Å². The van der Waals surface area contributed by atoms with Crippen LogP contribution in [0.4, 0.5) is 0 Å². The molecule has 0 spiro atoms. The molecule has 4 heteroatoms. The number of hydrogen-bond acceptors (Lipinski definition) is 4. The Morgan fingerprint density at radius 1 is 1.16 bits per heavy atom. The Morgan fingerprint density at radius 2 is 1.95 bits per heavy atom. The molecule has 108 valence electrons. The molecule has 0 atom stereocenters. The monoisotopic (exact) mass is 283 g/mol. The van der Waals surface area contributed by atoms with Gasteiger partial charge in [0.25, 0.3) is 0 Å². The first-order valence-electron chi connectivity index (χ1n) is 6.69. The molecule has 1 rings (SSSR count). The lowest BCUT2D eigenvalue weighted by Crippen LogP contribution is -2.19. The van der Waals surface area contributed by atoms with Crippen LogP contribution in [-0.2, 0) is 16.0 Å². The third-order valence-electron chi connectivity index (χ3n) is 2.76. The van der Waals surface area contributed by atoms with Gasteiger partial charge < -0.3 is 14.8 Å². The SMILES string of the molecule is COCCCSc1ccc(C)cc1CNCCOC. The van der Waals surface area contributed by atoms with Gasteiger partial charge in [-0.3, -0.25) is 0 Å². The predicted octanol–water partition coefficient (Wildman–Crippen LogP) is 2.86. The lowest BCUT2D eigenvalue weighted by atomic mass is 10.1. The van der Waals surface area contributed by atoms with Gasteiger partial charge in [0.1, 0.15) is 0 Å². The van der Waals surface area contributed by atoms with Crippen molar-refractivity contribution in [2.24, 2.45) is 0 Å². The Hall–Kier alpha value is -0.550. The molecule has 19 heavy (non-hydrogen) atoms. The number of aryl methyl sites for hydroxylation is 1. The van der Waals surface area contributed by atoms with Crippen LogP contribution in [0.5, 0.6) is 0 Å². The van der Waals surface area contributed by atoms with E-state index in [0.717, 1.165) is 38.5 Å². The van der Waals surface area contributed by atoms with Gasteiger partial charge in [0.15, 0.2) is 0 Å². The molecule has 0 saturated carbocycles. The zero-order chi connectivity index (χ0) is 13.9. The summed E-state index contributed by atoms with van der Waals surface area (Å²) in [7, 11) is 3.48. The van der Waals surface area contributed by atoms with Crippen molar-refractivity contribution in [2.45, 2.75) is 24.8 Å². The second-order valence-electron chi connectivity index (χ2n) is 4.48. The number of methoxy groups -OCH3 is 2. The van der Waals surface area contributed by atoms with E-state index in [4.69, 9.17) is 9.47 Å². The first-order chi connectivity index (χ1) is 9.27. The molecule has 0 aliphatic rings. The van der Waals surface area contributed by atoms with Gasteiger partial charge in [-0.1, -0.05) is 17.7 Å². The van der Waals surface area contributed by atoms with E-state index < -0.39 is 0 Å². The molecule has 1 aromatic carbocycles. The topological polar surface area (TPSA) is 30.5 Å². The van der Waals surface area contributed by atoms with Crippen LogP contribution < -0.4 is 5.32 Å². The normalized spacial score (nSPS) is 10.9. The largest absolute Gasteiger partial charge is 0.385 e. The van der Waals surface area contributed by atoms with E-state index in [1.807, 2.05) is 11.8 Å². The summed E-state index contributed by atoms with van der Waals surface area (Å²) in [5, 5.41) is 3.41. The van der Waals surface area contributed by atoms with Gasteiger partial charge in [-0.05, 0) is 25.0 Å². The average Bonchev–Trinajstić information content (AvgIpc) is 2.41. The Kier molecular flexibility index (Phi) is 8.91. The van der Waals surface area contributed by atoms with Crippen molar-refractivity contribution in [3.63, 3.8) is 0 Å². The maximum absolute atomic E-state index is 5.08. The third kappa shape index (κ3) is 6.97. The summed E-state index contributed by atoms with van der Waals surface area (Å²) < 4.78 is 10.1. The van der Waals surface area contributed by atoms with E-state index in [1.165, 1.54) is 16.0 Å². The Labute approximate surface area is 121 Å². The van der Waals surface area contributed by atoms with Gasteiger partial charge in [0.2, 0.25) is 0 Å². The van der Waals surface area contributed by atoms with Crippen LogP contribution in [0, 0.1) is 6.92 Å². The lowest BCUT2D eigenvalue weighted by Gasteiger charge is -2.11. The summed E-state index contributed by atoms with van der Waals surface area (Å²) in [6.45, 7) is 5.51. The Morgan fingerprint density at radius 3 is 2.68 bits per heavy atom. The van der Waals surface area contributed by atoms with E-state index in [9.17, 15) is 0 Å². The summed E-state index contributed by atoms with van der Waals surface area (Å²) in [5.41, 5.74) is 2.68. The molecule has 0 aromatic heterocycles. The van der Waals surface area contributed by atoms with Crippen molar-refractivity contribution < 1.29 is 9.47 Å². The van der Waals surface area contributed by atoms with Crippen molar-refractivity contribution in [2.75, 3.05) is 39.7 Å². The van der Waals surface area contributed by atoms with Crippen molar-refractivity contribution >= 4 is 11.8 Å². The van der Waals surface area contributed by atoms with E-state index in [-0.39, 0.29) is 0 Å². The maximum Gasteiger partial charge on any atom is 0.0587 e. The highest BCUT2D eigenvalue weighted by Crippen LogP contribution is 2.24. The van der Waals surface area contributed by atoms with E-state index in [1.54, 1.807) is 14.2 Å². The van der Waals surface area contributed by atoms with Crippen molar-refractivity contribution in [1.82, 2.24) is 5.32 Å². The summed E-state index contributed by atoms with van der Waals surface area (Å²) in [6.07, 6.45) is 1.09. The van der Waals surface area contributed by atoms with Crippen LogP contribution in [0.1, 0.15) is 17.5 Å². The highest BCUT2D eigenvalue weighted by atomic mass is 32.2. The van der Waals surface area contributed by atoms with Gasteiger partial charge in [0.05, 0.1) is 6.61 Å². The van der Waals surface area contributed by atoms with Crippen molar-refractivity contribution in [1.29, 1.82) is 0 Å². The second-order valence-corrected chi connectivity index (χ2v) is 5.61. The minimum absolute atomic E-state index is 0.752. The maximum atomic E-state index is 5.08. The molecule has 3 nitrogen and oxygen atoms in total. The van der Waals surface area contributed by atoms with Crippen LogP contribution in [0.2, 0.25) is 0 Å². The van der Waals surface area contributed by atoms with Crippen molar-refractivity contribution in [3.8, 4) is 0 Å². The molecule has 0 heterocycles. The van der Waals surface area contributed by atoms with Crippen LogP contribution in [-0.4, -0.2) is 39.7 Å². The van der Waals surface area contributed by atoms with E-state index in [0.29, 0.717) is 0 Å². The molecule has 0 unspecified atom stereocenters. The quantitative estimate of drug-likeness (QED) is 0.528. The average molecular weight is 283 g/mol. The number of hydrogen-bond donors (Lipinski definition) is 1. The number of thioether (sulfide) groups is 1. The van der Waals surface area contributed by atoms with Gasteiger partial charge in [-0.15, -0.1) is 11.8 Å². The van der Waals surface area contributed by atoms with E-state index in [2.05, 4.69) is 30.4 Å². The van der Waals surface area contributed by atoms with Crippen LogP contribution in [0.25, 0.3) is 0 Å². The summed E-state index contributed by atoms with van der Waals surface area (Å²) in [6, 6.07) is 6.66. The molecule has 0 aliphatic heterocycles. The number of nitrogens with one attached hydrogen (secondary N) is 1. The Balaban J connectivity index is 2.48. The zero-order valence-corrected chi connectivity index (χ0v) is 13.0. The molecule has 0 radical (unpaired) electrons. The Bertz CT molecular complexity index is 358. The summed E-state index contributed by atoms with van der Waals surface area (Å²) >= 11 is 1.91. The fourth-order valence-corrected chi connectivity index (χ4v) is 2.73. The predicted molar refractivity (Wildman–Crippen MR) is 82.0 cm³/mol. The number of ether oxygens (including phenoxy) is 2. The molecule has 0 amide bonds.